The van der Waals surface area contributed by atoms with Crippen molar-refractivity contribution in [2.45, 2.75) is 55.6 Å². The van der Waals surface area contributed by atoms with Crippen LogP contribution in [-0.4, -0.2) is 120 Å². The van der Waals surface area contributed by atoms with Crippen molar-refractivity contribution in [3.63, 3.8) is 0 Å². The second-order valence-electron chi connectivity index (χ2n) is 12.4. The summed E-state index contributed by atoms with van der Waals surface area (Å²) in [5, 5.41) is 17.7. The molecule has 220 valence electrons. The summed E-state index contributed by atoms with van der Waals surface area (Å²) in [6.07, 6.45) is 9.10. The summed E-state index contributed by atoms with van der Waals surface area (Å²) in [5.74, 6) is 1.74. The number of hydrogen-bond acceptors (Lipinski definition) is 10. The van der Waals surface area contributed by atoms with Crippen LogP contribution in [0.1, 0.15) is 24.8 Å². The van der Waals surface area contributed by atoms with Gasteiger partial charge in [-0.3, -0.25) is 9.80 Å². The number of piperazine rings is 2. The Bertz CT molecular complexity index is 1460. The van der Waals surface area contributed by atoms with Crippen LogP contribution in [0.5, 0.6) is 5.75 Å². The van der Waals surface area contributed by atoms with Crippen LogP contribution in [-0.2, 0) is 9.47 Å². The normalized spacial score (nSPS) is 30.6. The van der Waals surface area contributed by atoms with Gasteiger partial charge in [-0.05, 0) is 37.5 Å². The molecular weight excluding hydrogens is 532 g/mol. The van der Waals surface area contributed by atoms with Crippen molar-refractivity contribution < 1.29 is 14.2 Å². The lowest BCUT2D eigenvalue weighted by atomic mass is 9.84. The fourth-order valence-corrected chi connectivity index (χ4v) is 7.97. The van der Waals surface area contributed by atoms with E-state index in [9.17, 15) is 5.26 Å². The molecule has 0 aliphatic carbocycles. The summed E-state index contributed by atoms with van der Waals surface area (Å²) in [4.78, 5) is 12.5. The molecule has 0 amide bonds. The van der Waals surface area contributed by atoms with Crippen LogP contribution in [0.4, 0.5) is 5.82 Å². The zero-order valence-corrected chi connectivity index (χ0v) is 24.1. The second-order valence-corrected chi connectivity index (χ2v) is 12.4. The van der Waals surface area contributed by atoms with Crippen molar-refractivity contribution in [2.75, 3.05) is 64.6 Å². The van der Waals surface area contributed by atoms with Crippen LogP contribution >= 0.6 is 0 Å². The highest BCUT2D eigenvalue weighted by atomic mass is 16.5. The number of fused-ring (bicyclic) bond motifs is 5. The van der Waals surface area contributed by atoms with Gasteiger partial charge in [-0.1, -0.05) is 0 Å². The van der Waals surface area contributed by atoms with Crippen molar-refractivity contribution in [1.29, 1.82) is 5.26 Å². The summed E-state index contributed by atoms with van der Waals surface area (Å²) in [5.41, 5.74) is 3.17. The van der Waals surface area contributed by atoms with Gasteiger partial charge in [0.15, 0.2) is 0 Å². The highest BCUT2D eigenvalue weighted by molar-refractivity contribution is 5.85. The highest BCUT2D eigenvalue weighted by Crippen LogP contribution is 2.39. The minimum absolute atomic E-state index is 0.162. The summed E-state index contributed by atoms with van der Waals surface area (Å²) in [6, 6.07) is 11.3. The predicted molar refractivity (Wildman–Crippen MR) is 157 cm³/mol. The summed E-state index contributed by atoms with van der Waals surface area (Å²) >= 11 is 0. The van der Waals surface area contributed by atoms with Gasteiger partial charge in [0.05, 0.1) is 55.4 Å². The Kier molecular flexibility index (Phi) is 6.76. The van der Waals surface area contributed by atoms with E-state index in [1.807, 2.05) is 18.5 Å². The maximum atomic E-state index is 9.78. The molecule has 6 atom stereocenters. The van der Waals surface area contributed by atoms with Gasteiger partial charge in [-0.2, -0.15) is 10.4 Å². The number of hydrogen-bond donors (Lipinski definition) is 1. The predicted octanol–water partition coefficient (Wildman–Crippen LogP) is 1.76. The van der Waals surface area contributed by atoms with Gasteiger partial charge in [-0.25, -0.2) is 9.50 Å². The molecule has 3 aromatic rings. The van der Waals surface area contributed by atoms with Crippen molar-refractivity contribution in [2.24, 2.45) is 0 Å². The van der Waals surface area contributed by atoms with E-state index >= 15 is 0 Å². The van der Waals surface area contributed by atoms with Crippen molar-refractivity contribution in [3.8, 4) is 22.9 Å². The van der Waals surface area contributed by atoms with Gasteiger partial charge < -0.3 is 24.4 Å². The highest BCUT2D eigenvalue weighted by Gasteiger charge is 2.51. The molecule has 9 rings (SSSR count). The smallest absolute Gasteiger partial charge is 0.138 e. The number of ether oxygens (including phenoxy) is 3. The molecule has 3 aromatic heterocycles. The molecule has 11 nitrogen and oxygen atoms in total. The number of anilines is 1. The number of piperidine rings is 2. The quantitative estimate of drug-likeness (QED) is 0.383. The van der Waals surface area contributed by atoms with Crippen LogP contribution in [0.3, 0.4) is 0 Å². The fourth-order valence-electron chi connectivity index (χ4n) is 7.97. The van der Waals surface area contributed by atoms with Crippen LogP contribution in [0.2, 0.25) is 0 Å². The third-order valence-electron chi connectivity index (χ3n) is 10.1. The van der Waals surface area contributed by atoms with Crippen LogP contribution < -0.4 is 15.0 Å². The van der Waals surface area contributed by atoms with E-state index in [1.54, 1.807) is 17.8 Å². The van der Waals surface area contributed by atoms with Gasteiger partial charge in [0, 0.05) is 81.3 Å². The second kappa shape index (κ2) is 10.8. The molecule has 9 heterocycles. The molecule has 6 fully saturated rings. The average molecular weight is 571 g/mol. The molecule has 0 radical (unpaired) electrons. The molecule has 6 aliphatic heterocycles. The van der Waals surface area contributed by atoms with Gasteiger partial charge in [0.1, 0.15) is 17.6 Å². The van der Waals surface area contributed by atoms with E-state index in [4.69, 9.17) is 19.2 Å². The molecule has 42 heavy (non-hydrogen) atoms. The van der Waals surface area contributed by atoms with E-state index in [0.717, 1.165) is 74.0 Å². The molecule has 6 unspecified atom stereocenters. The number of aromatic nitrogens is 3. The van der Waals surface area contributed by atoms with E-state index in [-0.39, 0.29) is 6.10 Å². The van der Waals surface area contributed by atoms with Crippen LogP contribution in [0.15, 0.2) is 36.8 Å². The molecular formula is C31H38N8O3. The molecule has 6 saturated heterocycles. The lowest BCUT2D eigenvalue weighted by Crippen LogP contribution is -2.72. The first-order chi connectivity index (χ1) is 20.7. The van der Waals surface area contributed by atoms with Crippen molar-refractivity contribution in [1.82, 2.24) is 29.7 Å². The Morgan fingerprint density at radius 3 is 2.67 bits per heavy atom. The first-order valence-electron chi connectivity index (χ1n) is 15.3. The monoisotopic (exact) mass is 570 g/mol. The zero-order valence-electron chi connectivity index (χ0n) is 24.1. The molecule has 1 N–H and O–H groups in total. The minimum Gasteiger partial charge on any atom is -0.492 e. The van der Waals surface area contributed by atoms with E-state index in [2.05, 4.69) is 43.3 Å². The standard InChI is InChI=1S/C31H38N8O3/c1-40-29-19-41-18-28(29)39-24-8-25(39)16-36(15-24)30-4-3-20(11-34-30)27-9-26(17-38-31(27)21(10-32)12-35-38)42-6-2-5-37-22-7-23(37)14-33-13-22/h3-4,9,11-12,17,22-25,28-29,33H,2,5-8,13-16,18-19H2,1H3. The average Bonchev–Trinajstić information content (AvgIpc) is 3.67. The number of pyridine rings is 2. The van der Waals surface area contributed by atoms with Gasteiger partial charge in [0.25, 0.3) is 0 Å². The fraction of sp³-hybridized carbons (Fsp3) is 0.581. The van der Waals surface area contributed by atoms with Crippen LogP contribution in [0, 0.1) is 11.3 Å². The molecule has 4 bridgehead atoms. The topological polar surface area (TPSA) is 103 Å². The van der Waals surface area contributed by atoms with Gasteiger partial charge in [-0.15, -0.1) is 0 Å². The zero-order chi connectivity index (χ0) is 28.2. The largest absolute Gasteiger partial charge is 0.492 e. The van der Waals surface area contributed by atoms with Gasteiger partial charge in [0.2, 0.25) is 0 Å². The lowest BCUT2D eigenvalue weighted by molar-refractivity contribution is -0.0732. The Hall–Kier alpha value is -3.27. The molecule has 11 heteroatoms. The molecule has 6 aliphatic rings. The summed E-state index contributed by atoms with van der Waals surface area (Å²) < 4.78 is 19.4. The van der Waals surface area contributed by atoms with Gasteiger partial charge >= 0.3 is 0 Å². The minimum atomic E-state index is 0.162. The Labute approximate surface area is 245 Å². The molecule has 0 aromatic carbocycles. The third-order valence-corrected chi connectivity index (χ3v) is 10.1. The van der Waals surface area contributed by atoms with Crippen LogP contribution in [0.25, 0.3) is 16.6 Å². The number of nitriles is 1. The third kappa shape index (κ3) is 4.44. The first-order valence-corrected chi connectivity index (χ1v) is 15.3. The maximum Gasteiger partial charge on any atom is 0.138 e. The SMILES string of the molecule is COC1COCC1N1C2CC1CN(c1ccc(-c3cc(OCCCN4C5CNCC4C5)cn4ncc(C#N)c34)cn1)C2. The van der Waals surface area contributed by atoms with Crippen molar-refractivity contribution in [3.05, 3.63) is 42.4 Å². The lowest BCUT2D eigenvalue weighted by Gasteiger charge is -2.59. The number of nitrogens with zero attached hydrogens (tertiary/aromatic N) is 7. The Morgan fingerprint density at radius 2 is 1.93 bits per heavy atom. The van der Waals surface area contributed by atoms with E-state index < -0.39 is 0 Å². The summed E-state index contributed by atoms with van der Waals surface area (Å²) in [7, 11) is 1.79. The van der Waals surface area contributed by atoms with E-state index in [1.165, 1.54) is 12.8 Å². The summed E-state index contributed by atoms with van der Waals surface area (Å²) in [6.45, 7) is 7.27. The Morgan fingerprint density at radius 1 is 1.10 bits per heavy atom. The Balaban J connectivity index is 0.964. The number of nitrogens with one attached hydrogen (secondary N) is 1. The van der Waals surface area contributed by atoms with E-state index in [0.29, 0.717) is 49.0 Å². The molecule has 0 spiro atoms. The molecule has 0 saturated carbocycles. The first kappa shape index (κ1) is 26.4. The van der Waals surface area contributed by atoms with Crippen molar-refractivity contribution >= 4 is 11.3 Å². The number of methoxy groups -OCH3 is 1. The number of rotatable bonds is 9. The maximum absolute atomic E-state index is 9.78.